The third kappa shape index (κ3) is 3.36. The van der Waals surface area contributed by atoms with Gasteiger partial charge < -0.3 is 5.73 Å². The van der Waals surface area contributed by atoms with Crippen LogP contribution in [0, 0.1) is 18.7 Å². The zero-order valence-electron chi connectivity index (χ0n) is 11.4. The Morgan fingerprint density at radius 1 is 1.43 bits per heavy atom. The van der Waals surface area contributed by atoms with E-state index in [1.807, 2.05) is 0 Å². The molecular formula is C13H16ClFN2O3S. The number of nitrogens with one attached hydrogen (secondary N) is 1. The molecule has 0 saturated heterocycles. The smallest absolute Gasteiger partial charge is 0.242 e. The molecule has 2 atom stereocenters. The molecule has 1 aromatic rings. The Morgan fingerprint density at radius 2 is 2.10 bits per heavy atom. The van der Waals surface area contributed by atoms with Crippen molar-refractivity contribution >= 4 is 27.5 Å². The molecule has 0 aromatic heterocycles. The quantitative estimate of drug-likeness (QED) is 0.878. The summed E-state index contributed by atoms with van der Waals surface area (Å²) in [7, 11) is -3.94. The molecule has 21 heavy (non-hydrogen) atoms. The first kappa shape index (κ1) is 16.2. The highest BCUT2D eigenvalue weighted by atomic mass is 35.5. The molecule has 116 valence electrons. The Balaban J connectivity index is 2.31. The lowest BCUT2D eigenvalue weighted by atomic mass is 10.0. The van der Waals surface area contributed by atoms with Gasteiger partial charge in [0.25, 0.3) is 0 Å². The number of hydrogen-bond acceptors (Lipinski definition) is 3. The number of rotatable bonds is 4. The van der Waals surface area contributed by atoms with Crippen molar-refractivity contribution in [3.05, 3.63) is 28.5 Å². The van der Waals surface area contributed by atoms with Crippen LogP contribution in [0.1, 0.15) is 24.8 Å². The molecule has 1 amide bonds. The minimum Gasteiger partial charge on any atom is -0.369 e. The molecule has 1 aliphatic carbocycles. The van der Waals surface area contributed by atoms with Crippen LogP contribution >= 0.6 is 11.6 Å². The Kier molecular flexibility index (Phi) is 4.55. The molecular weight excluding hydrogens is 319 g/mol. The molecule has 2 rings (SSSR count). The van der Waals surface area contributed by atoms with Crippen molar-refractivity contribution in [1.82, 2.24) is 4.72 Å². The summed E-state index contributed by atoms with van der Waals surface area (Å²) in [5, 5.41) is -0.195. The minimum atomic E-state index is -3.94. The summed E-state index contributed by atoms with van der Waals surface area (Å²) in [5.74, 6) is -1.63. The Morgan fingerprint density at radius 3 is 2.71 bits per heavy atom. The Bertz CT molecular complexity index is 678. The first-order valence-electron chi connectivity index (χ1n) is 6.49. The number of aryl methyl sites for hydroxylation is 1. The summed E-state index contributed by atoms with van der Waals surface area (Å²) in [5.41, 5.74) is 5.45. The number of hydrogen-bond donors (Lipinski definition) is 2. The molecule has 0 spiro atoms. The highest BCUT2D eigenvalue weighted by Crippen LogP contribution is 2.29. The van der Waals surface area contributed by atoms with E-state index in [1.165, 1.54) is 13.0 Å². The second kappa shape index (κ2) is 5.90. The normalized spacial score (nSPS) is 22.4. The van der Waals surface area contributed by atoms with E-state index >= 15 is 0 Å². The van der Waals surface area contributed by atoms with Crippen LogP contribution in [0.2, 0.25) is 5.02 Å². The number of nitrogens with two attached hydrogens (primary N) is 1. The number of primary amides is 1. The number of sulfonamides is 1. The lowest BCUT2D eigenvalue weighted by Crippen LogP contribution is -2.42. The van der Waals surface area contributed by atoms with Crippen molar-refractivity contribution in [2.24, 2.45) is 11.7 Å². The van der Waals surface area contributed by atoms with Crippen LogP contribution in [0.15, 0.2) is 17.0 Å². The van der Waals surface area contributed by atoms with Gasteiger partial charge in [0.05, 0.1) is 10.9 Å². The number of amides is 1. The fourth-order valence-corrected chi connectivity index (χ4v) is 4.45. The number of carbonyl (C=O) groups excluding carboxylic acids is 1. The Labute approximate surface area is 127 Å². The van der Waals surface area contributed by atoms with Gasteiger partial charge in [0.1, 0.15) is 10.7 Å². The predicted octanol–water partition coefficient (Wildman–Crippen LogP) is 1.72. The van der Waals surface area contributed by atoms with Gasteiger partial charge >= 0.3 is 0 Å². The van der Waals surface area contributed by atoms with Gasteiger partial charge in [0.15, 0.2) is 0 Å². The van der Waals surface area contributed by atoms with Gasteiger partial charge in [0.2, 0.25) is 15.9 Å². The van der Waals surface area contributed by atoms with Gasteiger partial charge in [-0.05, 0) is 37.5 Å². The van der Waals surface area contributed by atoms with Gasteiger partial charge in [-0.25, -0.2) is 17.5 Å². The van der Waals surface area contributed by atoms with Crippen LogP contribution in [-0.4, -0.2) is 20.4 Å². The fraction of sp³-hybridized carbons (Fsp3) is 0.462. The molecule has 1 aromatic carbocycles. The van der Waals surface area contributed by atoms with Crippen molar-refractivity contribution in [1.29, 1.82) is 0 Å². The van der Waals surface area contributed by atoms with Crippen LogP contribution in [0.5, 0.6) is 0 Å². The van der Waals surface area contributed by atoms with Crippen LogP contribution < -0.4 is 10.5 Å². The summed E-state index contributed by atoms with van der Waals surface area (Å²) >= 11 is 5.82. The average Bonchev–Trinajstić information content (AvgIpc) is 2.81. The molecule has 8 heteroatoms. The highest BCUT2D eigenvalue weighted by Gasteiger charge is 2.35. The number of halogens is 2. The second-order valence-electron chi connectivity index (χ2n) is 5.20. The molecule has 3 N–H and O–H groups in total. The van der Waals surface area contributed by atoms with Crippen LogP contribution in [0.4, 0.5) is 4.39 Å². The van der Waals surface area contributed by atoms with Gasteiger partial charge in [-0.1, -0.05) is 18.0 Å². The molecule has 0 unspecified atom stereocenters. The molecule has 1 saturated carbocycles. The molecule has 0 radical (unpaired) electrons. The van der Waals surface area contributed by atoms with Crippen LogP contribution in [-0.2, 0) is 14.8 Å². The SMILES string of the molecule is Cc1cc(S(=O)(=O)N[C@H]2CCC[C@H]2C(N)=O)c(Cl)cc1F. The lowest BCUT2D eigenvalue weighted by molar-refractivity contribution is -0.122. The monoisotopic (exact) mass is 334 g/mol. The van der Waals surface area contributed by atoms with Crippen LogP contribution in [0.3, 0.4) is 0 Å². The van der Waals surface area contributed by atoms with Crippen LogP contribution in [0.25, 0.3) is 0 Å². The van der Waals surface area contributed by atoms with Crippen molar-refractivity contribution in [2.45, 2.75) is 37.1 Å². The van der Waals surface area contributed by atoms with Crippen molar-refractivity contribution in [2.75, 3.05) is 0 Å². The largest absolute Gasteiger partial charge is 0.369 e. The maximum absolute atomic E-state index is 13.4. The Hall–Kier alpha value is -1.18. The van der Waals surface area contributed by atoms with Gasteiger partial charge in [-0.3, -0.25) is 4.79 Å². The predicted molar refractivity (Wildman–Crippen MR) is 76.8 cm³/mol. The molecule has 0 bridgehead atoms. The lowest BCUT2D eigenvalue weighted by Gasteiger charge is -2.19. The number of benzene rings is 1. The van der Waals surface area contributed by atoms with E-state index in [0.717, 1.165) is 12.5 Å². The third-order valence-corrected chi connectivity index (χ3v) is 5.65. The summed E-state index contributed by atoms with van der Waals surface area (Å²) in [4.78, 5) is 11.1. The van der Waals surface area contributed by atoms with E-state index in [4.69, 9.17) is 17.3 Å². The maximum atomic E-state index is 13.4. The van der Waals surface area contributed by atoms with Gasteiger partial charge in [-0.15, -0.1) is 0 Å². The van der Waals surface area contributed by atoms with Crippen molar-refractivity contribution in [3.8, 4) is 0 Å². The molecule has 1 aliphatic rings. The van der Waals surface area contributed by atoms with Crippen molar-refractivity contribution in [3.63, 3.8) is 0 Å². The zero-order valence-corrected chi connectivity index (χ0v) is 13.0. The third-order valence-electron chi connectivity index (χ3n) is 3.69. The zero-order chi connectivity index (χ0) is 15.8. The molecule has 0 heterocycles. The van der Waals surface area contributed by atoms with E-state index in [-0.39, 0.29) is 15.5 Å². The molecule has 5 nitrogen and oxygen atoms in total. The topological polar surface area (TPSA) is 89.3 Å². The summed E-state index contributed by atoms with van der Waals surface area (Å²) in [6, 6.07) is 1.59. The van der Waals surface area contributed by atoms with E-state index in [1.54, 1.807) is 0 Å². The van der Waals surface area contributed by atoms with E-state index in [0.29, 0.717) is 12.8 Å². The second-order valence-corrected chi connectivity index (χ2v) is 7.29. The van der Waals surface area contributed by atoms with E-state index < -0.39 is 33.7 Å². The average molecular weight is 335 g/mol. The standard InChI is InChI=1S/C13H16ClFN2O3S/c1-7-5-12(9(14)6-10(7)15)21(19,20)17-11-4-2-3-8(11)13(16)18/h5-6,8,11,17H,2-4H2,1H3,(H2,16,18)/t8-,11+/m1/s1. The molecule has 1 fully saturated rings. The summed E-state index contributed by atoms with van der Waals surface area (Å²) in [6.07, 6.45) is 1.81. The van der Waals surface area contributed by atoms with E-state index in [9.17, 15) is 17.6 Å². The first-order valence-corrected chi connectivity index (χ1v) is 8.36. The van der Waals surface area contributed by atoms with Crippen molar-refractivity contribution < 1.29 is 17.6 Å². The highest BCUT2D eigenvalue weighted by molar-refractivity contribution is 7.89. The van der Waals surface area contributed by atoms with E-state index in [2.05, 4.69) is 4.72 Å². The van der Waals surface area contributed by atoms with Gasteiger partial charge in [0, 0.05) is 6.04 Å². The molecule has 0 aliphatic heterocycles. The summed E-state index contributed by atoms with van der Waals surface area (Å²) in [6.45, 7) is 1.45. The maximum Gasteiger partial charge on any atom is 0.242 e. The first-order chi connectivity index (χ1) is 9.72. The van der Waals surface area contributed by atoms with Gasteiger partial charge in [-0.2, -0.15) is 0 Å². The number of carbonyl (C=O) groups is 1. The summed E-state index contributed by atoms with van der Waals surface area (Å²) < 4.78 is 40.6. The fourth-order valence-electron chi connectivity index (χ4n) is 2.54. The minimum absolute atomic E-state index is 0.178.